The Morgan fingerprint density at radius 1 is 1.69 bits per heavy atom. The molecule has 0 aliphatic carbocycles. The number of aromatic carboxylic acids is 1. The molecule has 0 radical (unpaired) electrons. The first-order valence-electron chi connectivity index (χ1n) is 4.24. The molecule has 0 atom stereocenters. The van der Waals surface area contributed by atoms with Crippen LogP contribution in [-0.4, -0.2) is 11.1 Å². The fourth-order valence-electron chi connectivity index (χ4n) is 1.18. The molecule has 3 N–H and O–H groups in total. The number of carboxylic acid groups (broad SMARTS) is 1. The number of nitrogens with two attached hydrogens (primary N) is 1. The maximum Gasteiger partial charge on any atom is 0.371 e. The van der Waals surface area contributed by atoms with Crippen molar-refractivity contribution in [3.05, 3.63) is 23.2 Å². The highest BCUT2D eigenvalue weighted by Crippen LogP contribution is 2.16. The number of rotatable bonds is 4. The van der Waals surface area contributed by atoms with E-state index in [1.54, 1.807) is 0 Å². The SMILES string of the molecule is CCCc1oc(C(=O)O)cc1CN. The van der Waals surface area contributed by atoms with Crippen molar-refractivity contribution in [3.63, 3.8) is 0 Å². The van der Waals surface area contributed by atoms with E-state index in [1.807, 2.05) is 6.92 Å². The highest BCUT2D eigenvalue weighted by molar-refractivity contribution is 5.84. The number of furan rings is 1. The van der Waals surface area contributed by atoms with Gasteiger partial charge >= 0.3 is 5.97 Å². The van der Waals surface area contributed by atoms with Crippen LogP contribution in [0.3, 0.4) is 0 Å². The third kappa shape index (κ3) is 2.09. The highest BCUT2D eigenvalue weighted by atomic mass is 16.4. The molecule has 0 spiro atoms. The Morgan fingerprint density at radius 3 is 2.85 bits per heavy atom. The van der Waals surface area contributed by atoms with E-state index in [2.05, 4.69) is 0 Å². The largest absolute Gasteiger partial charge is 0.475 e. The second-order valence-electron chi connectivity index (χ2n) is 2.82. The molecule has 0 unspecified atom stereocenters. The van der Waals surface area contributed by atoms with Crippen LogP contribution in [0.25, 0.3) is 0 Å². The zero-order valence-electron chi connectivity index (χ0n) is 7.54. The van der Waals surface area contributed by atoms with Gasteiger partial charge in [-0.3, -0.25) is 0 Å². The van der Waals surface area contributed by atoms with Gasteiger partial charge in [-0.15, -0.1) is 0 Å². The van der Waals surface area contributed by atoms with Crippen LogP contribution >= 0.6 is 0 Å². The molecule has 13 heavy (non-hydrogen) atoms. The molecule has 0 aromatic carbocycles. The van der Waals surface area contributed by atoms with Crippen LogP contribution in [0.4, 0.5) is 0 Å². The second kappa shape index (κ2) is 4.09. The lowest BCUT2D eigenvalue weighted by Gasteiger charge is -1.95. The Bertz CT molecular complexity index is 304. The van der Waals surface area contributed by atoms with E-state index in [0.717, 1.165) is 18.4 Å². The van der Waals surface area contributed by atoms with Gasteiger partial charge in [-0.2, -0.15) is 0 Å². The molecule has 1 rings (SSSR count). The van der Waals surface area contributed by atoms with Crippen molar-refractivity contribution in [2.75, 3.05) is 0 Å². The fraction of sp³-hybridized carbons (Fsp3) is 0.444. The molecule has 0 saturated heterocycles. The van der Waals surface area contributed by atoms with Crippen molar-refractivity contribution < 1.29 is 14.3 Å². The number of hydrogen-bond acceptors (Lipinski definition) is 3. The summed E-state index contributed by atoms with van der Waals surface area (Å²) >= 11 is 0. The van der Waals surface area contributed by atoms with Crippen LogP contribution in [0.15, 0.2) is 10.5 Å². The van der Waals surface area contributed by atoms with Gasteiger partial charge in [0.1, 0.15) is 5.76 Å². The Kier molecular flexibility index (Phi) is 3.08. The smallest absolute Gasteiger partial charge is 0.371 e. The number of aryl methyl sites for hydroxylation is 1. The van der Waals surface area contributed by atoms with Crippen LogP contribution in [0, 0.1) is 0 Å². The molecule has 4 heteroatoms. The predicted octanol–water partition coefficient (Wildman–Crippen LogP) is 1.39. The number of carbonyl (C=O) groups is 1. The molecule has 0 saturated carbocycles. The first-order chi connectivity index (χ1) is 6.19. The van der Waals surface area contributed by atoms with Gasteiger partial charge in [-0.1, -0.05) is 6.92 Å². The van der Waals surface area contributed by atoms with E-state index in [9.17, 15) is 4.79 Å². The summed E-state index contributed by atoms with van der Waals surface area (Å²) in [7, 11) is 0. The highest BCUT2D eigenvalue weighted by Gasteiger charge is 2.13. The Labute approximate surface area is 76.3 Å². The molecular weight excluding hydrogens is 170 g/mol. The second-order valence-corrected chi connectivity index (χ2v) is 2.82. The minimum Gasteiger partial charge on any atom is -0.475 e. The van der Waals surface area contributed by atoms with E-state index in [1.165, 1.54) is 6.07 Å². The minimum absolute atomic E-state index is 0.0242. The topological polar surface area (TPSA) is 76.5 Å². The van der Waals surface area contributed by atoms with E-state index >= 15 is 0 Å². The first-order valence-corrected chi connectivity index (χ1v) is 4.24. The lowest BCUT2D eigenvalue weighted by molar-refractivity contribution is 0.0660. The average Bonchev–Trinajstić information content (AvgIpc) is 2.48. The van der Waals surface area contributed by atoms with Crippen LogP contribution < -0.4 is 5.73 Å². The lowest BCUT2D eigenvalue weighted by atomic mass is 10.2. The van der Waals surface area contributed by atoms with Gasteiger partial charge in [0.25, 0.3) is 0 Å². The van der Waals surface area contributed by atoms with E-state index in [4.69, 9.17) is 15.3 Å². The fourth-order valence-corrected chi connectivity index (χ4v) is 1.18. The van der Waals surface area contributed by atoms with E-state index < -0.39 is 5.97 Å². The van der Waals surface area contributed by atoms with Gasteiger partial charge in [0.05, 0.1) is 0 Å². The van der Waals surface area contributed by atoms with Gasteiger partial charge in [-0.25, -0.2) is 4.79 Å². The van der Waals surface area contributed by atoms with Crippen molar-refractivity contribution in [1.82, 2.24) is 0 Å². The number of hydrogen-bond donors (Lipinski definition) is 2. The molecule has 0 bridgehead atoms. The molecule has 1 aromatic rings. The van der Waals surface area contributed by atoms with E-state index in [-0.39, 0.29) is 5.76 Å². The summed E-state index contributed by atoms with van der Waals surface area (Å²) in [5, 5.41) is 8.65. The van der Waals surface area contributed by atoms with Gasteiger partial charge < -0.3 is 15.3 Å². The molecule has 0 aliphatic rings. The van der Waals surface area contributed by atoms with Crippen molar-refractivity contribution in [2.45, 2.75) is 26.3 Å². The average molecular weight is 183 g/mol. The Morgan fingerprint density at radius 2 is 2.38 bits per heavy atom. The Hall–Kier alpha value is -1.29. The summed E-state index contributed by atoms with van der Waals surface area (Å²) in [6, 6.07) is 1.49. The van der Waals surface area contributed by atoms with Crippen LogP contribution in [-0.2, 0) is 13.0 Å². The molecule has 1 heterocycles. The Balaban J connectivity index is 2.96. The van der Waals surface area contributed by atoms with E-state index in [0.29, 0.717) is 12.3 Å². The summed E-state index contributed by atoms with van der Waals surface area (Å²) in [6.07, 6.45) is 1.65. The lowest BCUT2D eigenvalue weighted by Crippen LogP contribution is -1.97. The maximum atomic E-state index is 10.6. The minimum atomic E-state index is -1.04. The quantitative estimate of drug-likeness (QED) is 0.739. The van der Waals surface area contributed by atoms with Crippen molar-refractivity contribution in [2.24, 2.45) is 5.73 Å². The van der Waals surface area contributed by atoms with Gasteiger partial charge in [0.15, 0.2) is 0 Å². The molecule has 1 aromatic heterocycles. The van der Waals surface area contributed by atoms with Gasteiger partial charge in [0.2, 0.25) is 5.76 Å². The molecule has 0 fully saturated rings. The predicted molar refractivity (Wildman–Crippen MR) is 47.6 cm³/mol. The van der Waals surface area contributed by atoms with Crippen molar-refractivity contribution in [3.8, 4) is 0 Å². The van der Waals surface area contributed by atoms with Crippen LogP contribution in [0.1, 0.15) is 35.2 Å². The van der Waals surface area contributed by atoms with Crippen LogP contribution in [0.2, 0.25) is 0 Å². The summed E-state index contributed by atoms with van der Waals surface area (Å²) in [5.74, 6) is -0.372. The van der Waals surface area contributed by atoms with Crippen LogP contribution in [0.5, 0.6) is 0 Å². The summed E-state index contributed by atoms with van der Waals surface area (Å²) in [4.78, 5) is 10.6. The summed E-state index contributed by atoms with van der Waals surface area (Å²) in [5.41, 5.74) is 6.23. The normalized spacial score (nSPS) is 10.3. The standard InChI is InChI=1S/C9H13NO3/c1-2-3-7-6(5-10)4-8(13-7)9(11)12/h4H,2-3,5,10H2,1H3,(H,11,12). The van der Waals surface area contributed by atoms with Gasteiger partial charge in [-0.05, 0) is 12.5 Å². The molecular formula is C9H13NO3. The molecule has 0 aliphatic heterocycles. The zero-order chi connectivity index (χ0) is 9.84. The zero-order valence-corrected chi connectivity index (χ0v) is 7.54. The third-order valence-corrected chi connectivity index (χ3v) is 1.80. The molecule has 4 nitrogen and oxygen atoms in total. The van der Waals surface area contributed by atoms with Crippen molar-refractivity contribution >= 4 is 5.97 Å². The third-order valence-electron chi connectivity index (χ3n) is 1.80. The molecule has 72 valence electrons. The maximum absolute atomic E-state index is 10.6. The van der Waals surface area contributed by atoms with Gasteiger partial charge in [0, 0.05) is 18.5 Å². The molecule has 0 amide bonds. The van der Waals surface area contributed by atoms with Crippen molar-refractivity contribution in [1.29, 1.82) is 0 Å². The summed E-state index contributed by atoms with van der Waals surface area (Å²) in [6.45, 7) is 2.33. The monoisotopic (exact) mass is 183 g/mol. The first kappa shape index (κ1) is 9.80. The number of carboxylic acids is 1. The summed E-state index contributed by atoms with van der Waals surface area (Å²) < 4.78 is 5.13.